The van der Waals surface area contributed by atoms with Crippen LogP contribution in [0.2, 0.25) is 0 Å². The Bertz CT molecular complexity index is 219. The van der Waals surface area contributed by atoms with E-state index in [-0.39, 0.29) is 0 Å². The first kappa shape index (κ1) is 13.5. The van der Waals surface area contributed by atoms with Crippen LogP contribution in [0.5, 0.6) is 0 Å². The van der Waals surface area contributed by atoms with Gasteiger partial charge in [-0.25, -0.2) is 0 Å². The maximum atomic E-state index is 4.65. The molecule has 2 nitrogen and oxygen atoms in total. The summed E-state index contributed by atoms with van der Waals surface area (Å²) < 4.78 is 0. The van der Waals surface area contributed by atoms with Gasteiger partial charge in [0.25, 0.3) is 0 Å². The van der Waals surface area contributed by atoms with Gasteiger partial charge in [-0.1, -0.05) is 40.5 Å². The van der Waals surface area contributed by atoms with Gasteiger partial charge in [0.1, 0.15) is 0 Å². The van der Waals surface area contributed by atoms with E-state index in [1.165, 1.54) is 31.4 Å². The second-order valence-electron chi connectivity index (χ2n) is 6.23. The second kappa shape index (κ2) is 6.27. The molecule has 0 saturated heterocycles. The Balaban J connectivity index is 2.56. The van der Waals surface area contributed by atoms with E-state index in [0.29, 0.717) is 5.41 Å². The summed E-state index contributed by atoms with van der Waals surface area (Å²) >= 11 is 0. The van der Waals surface area contributed by atoms with Gasteiger partial charge in [0.05, 0.1) is 0 Å². The third-order valence-corrected chi connectivity index (χ3v) is 3.12. The summed E-state index contributed by atoms with van der Waals surface area (Å²) in [6.45, 7) is 10.1. The monoisotopic (exact) mass is 224 g/mol. The van der Waals surface area contributed by atoms with Crippen LogP contribution in [0, 0.1) is 11.3 Å². The molecule has 1 saturated carbocycles. The molecule has 0 bridgehead atoms. The number of hydrogen-bond donors (Lipinski definition) is 1. The van der Waals surface area contributed by atoms with E-state index in [2.05, 4.69) is 38.2 Å². The van der Waals surface area contributed by atoms with Crippen LogP contribution in [-0.4, -0.2) is 12.3 Å². The zero-order chi connectivity index (χ0) is 12.0. The normalized spacial score (nSPS) is 19.1. The molecule has 0 aromatic rings. The molecule has 0 amide bonds. The lowest BCUT2D eigenvalue weighted by Crippen LogP contribution is -2.23. The van der Waals surface area contributed by atoms with Crippen LogP contribution in [0.25, 0.3) is 0 Å². The summed E-state index contributed by atoms with van der Waals surface area (Å²) in [7, 11) is 0. The van der Waals surface area contributed by atoms with Gasteiger partial charge >= 0.3 is 0 Å². The molecule has 2 heteroatoms. The van der Waals surface area contributed by atoms with E-state index in [0.717, 1.165) is 25.3 Å². The smallest absolute Gasteiger partial charge is 0.0414 e. The van der Waals surface area contributed by atoms with Crippen molar-refractivity contribution in [1.29, 1.82) is 0 Å². The third-order valence-electron chi connectivity index (χ3n) is 3.12. The summed E-state index contributed by atoms with van der Waals surface area (Å²) in [5, 5.41) is 4.65. The van der Waals surface area contributed by atoms with Crippen molar-refractivity contribution in [3.63, 3.8) is 0 Å². The van der Waals surface area contributed by atoms with Crippen molar-refractivity contribution in [1.82, 2.24) is 5.43 Å². The third kappa shape index (κ3) is 5.00. The van der Waals surface area contributed by atoms with Crippen molar-refractivity contribution in [3.05, 3.63) is 0 Å². The molecular weight excluding hydrogens is 196 g/mol. The minimum Gasteiger partial charge on any atom is -0.310 e. The zero-order valence-electron chi connectivity index (χ0n) is 11.5. The Morgan fingerprint density at radius 3 is 2.38 bits per heavy atom. The first-order valence-corrected chi connectivity index (χ1v) is 6.82. The number of nitrogens with zero attached hydrogens (tertiary/aromatic N) is 1. The zero-order valence-corrected chi connectivity index (χ0v) is 11.5. The van der Waals surface area contributed by atoms with Crippen LogP contribution in [-0.2, 0) is 0 Å². The summed E-state index contributed by atoms with van der Waals surface area (Å²) in [4.78, 5) is 0. The Labute approximate surface area is 101 Å². The topological polar surface area (TPSA) is 24.4 Å². The maximum absolute atomic E-state index is 4.65. The van der Waals surface area contributed by atoms with Gasteiger partial charge in [-0.15, -0.1) is 0 Å². The van der Waals surface area contributed by atoms with Crippen LogP contribution >= 0.6 is 0 Å². The van der Waals surface area contributed by atoms with E-state index in [1.54, 1.807) is 0 Å². The van der Waals surface area contributed by atoms with Crippen molar-refractivity contribution >= 4 is 5.71 Å². The van der Waals surface area contributed by atoms with Gasteiger partial charge in [-0.3, -0.25) is 0 Å². The second-order valence-corrected chi connectivity index (χ2v) is 6.23. The summed E-state index contributed by atoms with van der Waals surface area (Å²) in [5.41, 5.74) is 4.99. The Kier molecular flexibility index (Phi) is 5.30. The molecule has 0 aliphatic heterocycles. The maximum Gasteiger partial charge on any atom is 0.0414 e. The summed E-state index contributed by atoms with van der Waals surface area (Å²) in [5.74, 6) is 0.753. The van der Waals surface area contributed by atoms with Crippen molar-refractivity contribution in [2.45, 2.75) is 66.2 Å². The van der Waals surface area contributed by atoms with Crippen molar-refractivity contribution in [2.24, 2.45) is 16.4 Å². The lowest BCUT2D eigenvalue weighted by Gasteiger charge is -2.23. The largest absolute Gasteiger partial charge is 0.310 e. The molecule has 0 aromatic heterocycles. The van der Waals surface area contributed by atoms with E-state index < -0.39 is 0 Å². The minimum absolute atomic E-state index is 0.356. The molecule has 16 heavy (non-hydrogen) atoms. The fourth-order valence-electron chi connectivity index (χ4n) is 2.35. The van der Waals surface area contributed by atoms with Gasteiger partial charge < -0.3 is 5.43 Å². The highest BCUT2D eigenvalue weighted by Gasteiger charge is 2.24. The van der Waals surface area contributed by atoms with Crippen LogP contribution in [0.15, 0.2) is 5.10 Å². The molecule has 0 heterocycles. The SMILES string of the molecule is CCCNN=C(CC(C)(C)C)C1CCCC1. The predicted molar refractivity (Wildman–Crippen MR) is 71.8 cm³/mol. The molecule has 1 N–H and O–H groups in total. The van der Waals surface area contributed by atoms with Crippen LogP contribution in [0.4, 0.5) is 0 Å². The van der Waals surface area contributed by atoms with Gasteiger partial charge in [-0.05, 0) is 37.0 Å². The highest BCUT2D eigenvalue weighted by atomic mass is 15.3. The van der Waals surface area contributed by atoms with Gasteiger partial charge in [0, 0.05) is 12.3 Å². The molecule has 1 rings (SSSR count). The van der Waals surface area contributed by atoms with Gasteiger partial charge in [0.15, 0.2) is 0 Å². The quantitative estimate of drug-likeness (QED) is 0.426. The summed E-state index contributed by atoms with van der Waals surface area (Å²) in [6, 6.07) is 0. The van der Waals surface area contributed by atoms with E-state index in [1.807, 2.05) is 0 Å². The lowest BCUT2D eigenvalue weighted by atomic mass is 9.84. The van der Waals surface area contributed by atoms with Crippen molar-refractivity contribution in [2.75, 3.05) is 6.54 Å². The molecule has 0 atom stereocenters. The molecule has 0 spiro atoms. The number of nitrogens with one attached hydrogen (secondary N) is 1. The van der Waals surface area contributed by atoms with E-state index >= 15 is 0 Å². The van der Waals surface area contributed by atoms with Gasteiger partial charge in [-0.2, -0.15) is 5.10 Å². The average molecular weight is 224 g/mol. The Morgan fingerprint density at radius 2 is 1.88 bits per heavy atom. The van der Waals surface area contributed by atoms with Crippen molar-refractivity contribution in [3.8, 4) is 0 Å². The van der Waals surface area contributed by atoms with Crippen LogP contribution in [0.1, 0.15) is 66.2 Å². The molecule has 0 radical (unpaired) electrons. The fourth-order valence-corrected chi connectivity index (χ4v) is 2.35. The van der Waals surface area contributed by atoms with Crippen molar-refractivity contribution < 1.29 is 0 Å². The number of hydrazone groups is 1. The lowest BCUT2D eigenvalue weighted by molar-refractivity contribution is 0.422. The highest BCUT2D eigenvalue weighted by Crippen LogP contribution is 2.31. The molecule has 1 aliphatic carbocycles. The van der Waals surface area contributed by atoms with E-state index in [9.17, 15) is 0 Å². The average Bonchev–Trinajstić information content (AvgIpc) is 2.67. The standard InChI is InChI=1S/C14H28N2/c1-5-10-15-16-13(11-14(2,3)4)12-8-6-7-9-12/h12,15H,5-11H2,1-4H3. The molecule has 0 unspecified atom stereocenters. The van der Waals surface area contributed by atoms with Gasteiger partial charge in [0.2, 0.25) is 0 Å². The van der Waals surface area contributed by atoms with Crippen LogP contribution < -0.4 is 5.43 Å². The van der Waals surface area contributed by atoms with E-state index in [4.69, 9.17) is 0 Å². The van der Waals surface area contributed by atoms with Crippen LogP contribution in [0.3, 0.4) is 0 Å². The first-order chi connectivity index (χ1) is 7.53. The molecule has 1 aliphatic rings. The Morgan fingerprint density at radius 1 is 1.25 bits per heavy atom. The summed E-state index contributed by atoms with van der Waals surface area (Å²) in [6.07, 6.45) is 7.76. The minimum atomic E-state index is 0.356. The molecular formula is C14H28N2. The fraction of sp³-hybridized carbons (Fsp3) is 0.929. The first-order valence-electron chi connectivity index (χ1n) is 6.82. The highest BCUT2D eigenvalue weighted by molar-refractivity contribution is 5.87. The Hall–Kier alpha value is -0.530. The number of rotatable bonds is 5. The molecule has 0 aromatic carbocycles. The molecule has 1 fully saturated rings. The number of hydrogen-bond acceptors (Lipinski definition) is 2. The molecule has 94 valence electrons. The predicted octanol–water partition coefficient (Wildman–Crippen LogP) is 3.97.